The summed E-state index contributed by atoms with van der Waals surface area (Å²) in [5, 5.41) is 0. The number of nitrogens with two attached hydrogens (primary N) is 1. The Bertz CT molecular complexity index is 411. The van der Waals surface area contributed by atoms with Gasteiger partial charge in [0.25, 0.3) is 0 Å². The lowest BCUT2D eigenvalue weighted by molar-refractivity contribution is 0.526. The molecule has 0 fully saturated rings. The number of rotatable bonds is 3. The van der Waals surface area contributed by atoms with Crippen LogP contribution in [0.5, 0.6) is 0 Å². The zero-order valence-electron chi connectivity index (χ0n) is 8.16. The third kappa shape index (κ3) is 2.23. The highest BCUT2D eigenvalue weighted by Crippen LogP contribution is 2.31. The Morgan fingerprint density at radius 2 is 2.33 bits per heavy atom. The van der Waals surface area contributed by atoms with Crippen LogP contribution in [0.1, 0.15) is 22.2 Å². The SMILES string of the molecule is Cc1cc(C(NN)c2ccc(Cl)s2)co1. The predicted molar refractivity (Wildman–Crippen MR) is 61.9 cm³/mol. The van der Waals surface area contributed by atoms with E-state index in [0.717, 1.165) is 20.5 Å². The van der Waals surface area contributed by atoms with Crippen LogP contribution in [0.25, 0.3) is 0 Å². The number of furan rings is 1. The summed E-state index contributed by atoms with van der Waals surface area (Å²) >= 11 is 7.39. The van der Waals surface area contributed by atoms with Crippen molar-refractivity contribution < 1.29 is 4.42 Å². The molecule has 2 aromatic heterocycles. The molecule has 80 valence electrons. The fourth-order valence-corrected chi connectivity index (χ4v) is 2.59. The molecule has 0 aliphatic rings. The lowest BCUT2D eigenvalue weighted by Gasteiger charge is -2.11. The number of aryl methyl sites for hydroxylation is 1. The van der Waals surface area contributed by atoms with Crippen molar-refractivity contribution in [1.29, 1.82) is 0 Å². The van der Waals surface area contributed by atoms with E-state index in [0.29, 0.717) is 0 Å². The molecule has 1 unspecified atom stereocenters. The molecule has 3 N–H and O–H groups in total. The number of nitrogens with one attached hydrogen (secondary N) is 1. The average Bonchev–Trinajstić information content (AvgIpc) is 2.78. The van der Waals surface area contributed by atoms with Gasteiger partial charge in [0, 0.05) is 10.4 Å². The van der Waals surface area contributed by atoms with Gasteiger partial charge in [0.2, 0.25) is 0 Å². The van der Waals surface area contributed by atoms with Crippen LogP contribution in [0.3, 0.4) is 0 Å². The smallest absolute Gasteiger partial charge is 0.101 e. The van der Waals surface area contributed by atoms with Crippen LogP contribution < -0.4 is 11.3 Å². The van der Waals surface area contributed by atoms with Gasteiger partial charge in [-0.1, -0.05) is 11.6 Å². The molecule has 0 saturated heterocycles. The third-order valence-corrected chi connectivity index (χ3v) is 3.43. The Labute approximate surface area is 96.8 Å². The zero-order chi connectivity index (χ0) is 10.8. The maximum absolute atomic E-state index is 5.88. The Morgan fingerprint density at radius 3 is 2.80 bits per heavy atom. The van der Waals surface area contributed by atoms with Crippen molar-refractivity contribution in [2.24, 2.45) is 5.84 Å². The summed E-state index contributed by atoms with van der Waals surface area (Å²) in [6.45, 7) is 1.90. The maximum atomic E-state index is 5.88. The molecule has 2 heterocycles. The summed E-state index contributed by atoms with van der Waals surface area (Å²) < 4.78 is 6.01. The second-order valence-electron chi connectivity index (χ2n) is 3.23. The molecule has 0 aliphatic heterocycles. The fourth-order valence-electron chi connectivity index (χ4n) is 1.44. The van der Waals surface area contributed by atoms with E-state index in [2.05, 4.69) is 5.43 Å². The summed E-state index contributed by atoms with van der Waals surface area (Å²) in [7, 11) is 0. The third-order valence-electron chi connectivity index (χ3n) is 2.13. The van der Waals surface area contributed by atoms with Crippen molar-refractivity contribution in [3.63, 3.8) is 0 Å². The van der Waals surface area contributed by atoms with Gasteiger partial charge < -0.3 is 4.42 Å². The van der Waals surface area contributed by atoms with Gasteiger partial charge in [-0.25, -0.2) is 5.43 Å². The van der Waals surface area contributed by atoms with Crippen LogP contribution in [-0.2, 0) is 0 Å². The zero-order valence-corrected chi connectivity index (χ0v) is 9.73. The first-order valence-corrected chi connectivity index (χ1v) is 5.66. The van der Waals surface area contributed by atoms with Gasteiger partial charge in [-0.15, -0.1) is 11.3 Å². The standard InChI is InChI=1S/C10H11ClN2OS/c1-6-4-7(5-14-6)10(13-12)8-2-3-9(11)15-8/h2-5,10,13H,12H2,1H3. The monoisotopic (exact) mass is 242 g/mol. The Hall–Kier alpha value is -0.810. The molecule has 0 amide bonds. The minimum Gasteiger partial charge on any atom is -0.469 e. The normalized spacial score (nSPS) is 13.0. The Kier molecular flexibility index (Phi) is 3.11. The summed E-state index contributed by atoms with van der Waals surface area (Å²) in [4.78, 5) is 1.07. The van der Waals surface area contributed by atoms with Crippen molar-refractivity contribution in [2.75, 3.05) is 0 Å². The molecule has 0 aliphatic carbocycles. The first-order chi connectivity index (χ1) is 7.20. The van der Waals surface area contributed by atoms with Crippen molar-refractivity contribution in [2.45, 2.75) is 13.0 Å². The highest BCUT2D eigenvalue weighted by Gasteiger charge is 2.16. The fraction of sp³-hybridized carbons (Fsp3) is 0.200. The van der Waals surface area contributed by atoms with Crippen LogP contribution in [0.4, 0.5) is 0 Å². The maximum Gasteiger partial charge on any atom is 0.101 e. The Balaban J connectivity index is 2.32. The minimum atomic E-state index is -0.0556. The molecule has 2 rings (SSSR count). The first kappa shape index (κ1) is 10.7. The Morgan fingerprint density at radius 1 is 1.53 bits per heavy atom. The molecule has 3 nitrogen and oxygen atoms in total. The molecule has 0 bridgehead atoms. The first-order valence-electron chi connectivity index (χ1n) is 4.47. The van der Waals surface area contributed by atoms with Crippen molar-refractivity contribution in [3.05, 3.63) is 45.0 Å². The number of hydrogen-bond acceptors (Lipinski definition) is 4. The lowest BCUT2D eigenvalue weighted by Crippen LogP contribution is -2.27. The van der Waals surface area contributed by atoms with Crippen LogP contribution in [-0.4, -0.2) is 0 Å². The topological polar surface area (TPSA) is 51.2 Å². The molecule has 0 saturated carbocycles. The van der Waals surface area contributed by atoms with Crippen LogP contribution in [0, 0.1) is 6.92 Å². The summed E-state index contributed by atoms with van der Waals surface area (Å²) in [5.74, 6) is 6.40. The molecule has 5 heteroatoms. The second kappa shape index (κ2) is 4.37. The second-order valence-corrected chi connectivity index (χ2v) is 4.98. The van der Waals surface area contributed by atoms with Gasteiger partial charge in [-0.2, -0.15) is 0 Å². The van der Waals surface area contributed by atoms with Gasteiger partial charge >= 0.3 is 0 Å². The molecule has 0 spiro atoms. The van der Waals surface area contributed by atoms with Crippen molar-refractivity contribution in [3.8, 4) is 0 Å². The molecule has 0 aromatic carbocycles. The summed E-state index contributed by atoms with van der Waals surface area (Å²) in [5.41, 5.74) is 3.76. The van der Waals surface area contributed by atoms with Gasteiger partial charge in [-0.3, -0.25) is 5.84 Å². The molecule has 2 aromatic rings. The molecule has 1 atom stereocenters. The van der Waals surface area contributed by atoms with E-state index in [-0.39, 0.29) is 6.04 Å². The van der Waals surface area contributed by atoms with Gasteiger partial charge in [0.1, 0.15) is 5.76 Å². The summed E-state index contributed by atoms with van der Waals surface area (Å²) in [6, 6.07) is 5.72. The van der Waals surface area contributed by atoms with Gasteiger partial charge in [0.15, 0.2) is 0 Å². The minimum absolute atomic E-state index is 0.0556. The van der Waals surface area contributed by atoms with Crippen LogP contribution >= 0.6 is 22.9 Å². The van der Waals surface area contributed by atoms with E-state index >= 15 is 0 Å². The quantitative estimate of drug-likeness (QED) is 0.643. The van der Waals surface area contributed by atoms with Crippen LogP contribution in [0.15, 0.2) is 28.9 Å². The van der Waals surface area contributed by atoms with Crippen LogP contribution in [0.2, 0.25) is 4.34 Å². The van der Waals surface area contributed by atoms with E-state index in [9.17, 15) is 0 Å². The van der Waals surface area contributed by atoms with Gasteiger partial charge in [-0.05, 0) is 25.1 Å². The molecular formula is C10H11ClN2OS. The number of thiophene rings is 1. The van der Waals surface area contributed by atoms with Crippen molar-refractivity contribution >= 4 is 22.9 Å². The summed E-state index contributed by atoms with van der Waals surface area (Å²) in [6.07, 6.45) is 1.70. The van der Waals surface area contributed by atoms with E-state index in [1.54, 1.807) is 6.26 Å². The van der Waals surface area contributed by atoms with Crippen molar-refractivity contribution in [1.82, 2.24) is 5.43 Å². The lowest BCUT2D eigenvalue weighted by atomic mass is 10.1. The van der Waals surface area contributed by atoms with Gasteiger partial charge in [0.05, 0.1) is 16.6 Å². The van der Waals surface area contributed by atoms with E-state index in [1.165, 1.54) is 11.3 Å². The van der Waals surface area contributed by atoms with E-state index < -0.39 is 0 Å². The molecular weight excluding hydrogens is 232 g/mol. The number of hydrazine groups is 1. The highest BCUT2D eigenvalue weighted by atomic mass is 35.5. The number of halogens is 1. The predicted octanol–water partition coefficient (Wildman–Crippen LogP) is 2.86. The molecule has 15 heavy (non-hydrogen) atoms. The molecule has 0 radical (unpaired) electrons. The largest absolute Gasteiger partial charge is 0.469 e. The van der Waals surface area contributed by atoms with E-state index in [4.69, 9.17) is 21.9 Å². The number of hydrogen-bond donors (Lipinski definition) is 2. The van der Waals surface area contributed by atoms with E-state index in [1.807, 2.05) is 25.1 Å². The average molecular weight is 243 g/mol. The highest BCUT2D eigenvalue weighted by molar-refractivity contribution is 7.16.